The summed E-state index contributed by atoms with van der Waals surface area (Å²) in [5.41, 5.74) is 3.32. The zero-order chi connectivity index (χ0) is 26.3. The van der Waals surface area contributed by atoms with Gasteiger partial charge in [-0.15, -0.1) is 0 Å². The van der Waals surface area contributed by atoms with Gasteiger partial charge in [-0.3, -0.25) is 4.79 Å². The summed E-state index contributed by atoms with van der Waals surface area (Å²) >= 11 is 0. The molecular formula is C27H38F3NO5. The van der Waals surface area contributed by atoms with Crippen molar-refractivity contribution in [1.82, 2.24) is 5.32 Å². The van der Waals surface area contributed by atoms with Gasteiger partial charge in [0.1, 0.15) is 5.75 Å². The number of ether oxygens (including phenoxy) is 2. The number of aliphatic carboxylic acids is 1. The first kappa shape index (κ1) is 28.3. The molecule has 1 heterocycles. The summed E-state index contributed by atoms with van der Waals surface area (Å²) in [5, 5.41) is 10.9. The number of esters is 1. The Labute approximate surface area is 210 Å². The second-order valence-electron chi connectivity index (χ2n) is 10.1. The molecule has 3 aliphatic rings. The first-order valence-electron chi connectivity index (χ1n) is 13.1. The SMILES string of the molecule is CCCCC(CC)C(=O)OCOc1ccc2c(c1)[C@]13CCCC[C@@H]1[C@@H](C2)NCC3.O=C(O)C(F)(F)F. The van der Waals surface area contributed by atoms with Gasteiger partial charge in [0, 0.05) is 11.5 Å². The summed E-state index contributed by atoms with van der Waals surface area (Å²) in [5.74, 6) is -1.28. The molecule has 0 aromatic heterocycles. The standard InChI is InChI=1S/C25H37NO3.C2HF3O2/c1-3-5-8-18(4-2)24(27)29-17-28-20-11-10-19-15-23-21-9-6-7-12-25(21,13-14-26-23)22(19)16-20;3-2(4,5)1(6)7/h10-11,16,18,21,23,26H,3-9,12-15,17H2,1-2H3;(H,6,7)/t18?,21-,23-,25+;/m1./s1. The predicted molar refractivity (Wildman–Crippen MR) is 129 cm³/mol. The molecule has 2 aliphatic carbocycles. The monoisotopic (exact) mass is 513 g/mol. The topological polar surface area (TPSA) is 84.9 Å². The molecule has 1 saturated heterocycles. The van der Waals surface area contributed by atoms with Crippen LogP contribution in [-0.2, 0) is 26.2 Å². The van der Waals surface area contributed by atoms with E-state index in [1.165, 1.54) is 43.2 Å². The highest BCUT2D eigenvalue weighted by atomic mass is 19.4. The number of carboxylic acid groups (broad SMARTS) is 1. The van der Waals surface area contributed by atoms with Gasteiger partial charge in [-0.2, -0.15) is 13.2 Å². The van der Waals surface area contributed by atoms with Crippen LogP contribution in [0.25, 0.3) is 0 Å². The molecular weight excluding hydrogens is 475 g/mol. The zero-order valence-electron chi connectivity index (χ0n) is 21.2. The average Bonchev–Trinajstić information content (AvgIpc) is 2.84. The summed E-state index contributed by atoms with van der Waals surface area (Å²) < 4.78 is 43.1. The number of rotatable bonds is 8. The van der Waals surface area contributed by atoms with E-state index < -0.39 is 12.1 Å². The summed E-state index contributed by atoms with van der Waals surface area (Å²) in [6.45, 7) is 5.34. The molecule has 2 N–H and O–H groups in total. The minimum Gasteiger partial charge on any atom is -0.475 e. The lowest BCUT2D eigenvalue weighted by atomic mass is 9.53. The fourth-order valence-corrected chi connectivity index (χ4v) is 6.21. The lowest BCUT2D eigenvalue weighted by molar-refractivity contribution is -0.192. The molecule has 0 amide bonds. The van der Waals surface area contributed by atoms with Crippen LogP contribution in [0, 0.1) is 11.8 Å². The van der Waals surface area contributed by atoms with E-state index in [9.17, 15) is 18.0 Å². The number of carboxylic acids is 1. The molecule has 1 unspecified atom stereocenters. The molecule has 36 heavy (non-hydrogen) atoms. The van der Waals surface area contributed by atoms with E-state index in [0.29, 0.717) is 11.5 Å². The first-order chi connectivity index (χ1) is 17.1. The lowest BCUT2D eigenvalue weighted by Gasteiger charge is -2.56. The van der Waals surface area contributed by atoms with Crippen LogP contribution in [0.4, 0.5) is 13.2 Å². The van der Waals surface area contributed by atoms with Crippen molar-refractivity contribution in [3.05, 3.63) is 29.3 Å². The van der Waals surface area contributed by atoms with Crippen molar-refractivity contribution in [1.29, 1.82) is 0 Å². The highest BCUT2D eigenvalue weighted by Gasteiger charge is 2.51. The van der Waals surface area contributed by atoms with Crippen molar-refractivity contribution in [2.24, 2.45) is 11.8 Å². The van der Waals surface area contributed by atoms with Gasteiger partial charge in [0.2, 0.25) is 6.79 Å². The minimum atomic E-state index is -5.08. The molecule has 4 rings (SSSR count). The first-order valence-corrected chi connectivity index (χ1v) is 13.1. The Balaban J connectivity index is 0.000000454. The normalized spacial score (nSPS) is 25.4. The van der Waals surface area contributed by atoms with Crippen molar-refractivity contribution in [2.45, 2.75) is 95.7 Å². The maximum absolute atomic E-state index is 12.3. The second-order valence-corrected chi connectivity index (χ2v) is 10.1. The highest BCUT2D eigenvalue weighted by Crippen LogP contribution is 2.54. The highest BCUT2D eigenvalue weighted by molar-refractivity contribution is 5.73. The maximum atomic E-state index is 12.3. The van der Waals surface area contributed by atoms with E-state index in [1.54, 1.807) is 0 Å². The van der Waals surface area contributed by atoms with E-state index in [-0.39, 0.29) is 18.7 Å². The number of fused-ring (bicyclic) bond motifs is 1. The molecule has 1 aliphatic heterocycles. The van der Waals surface area contributed by atoms with Crippen molar-refractivity contribution in [2.75, 3.05) is 13.3 Å². The number of unbranched alkanes of at least 4 members (excludes halogenated alkanes) is 1. The Morgan fingerprint density at radius 3 is 2.64 bits per heavy atom. The van der Waals surface area contributed by atoms with Gasteiger partial charge in [-0.05, 0) is 74.2 Å². The van der Waals surface area contributed by atoms with Gasteiger partial charge in [0.25, 0.3) is 0 Å². The van der Waals surface area contributed by atoms with Crippen LogP contribution >= 0.6 is 0 Å². The summed E-state index contributed by atoms with van der Waals surface area (Å²) in [6, 6.07) is 7.20. The van der Waals surface area contributed by atoms with Gasteiger partial charge in [-0.25, -0.2) is 4.79 Å². The van der Waals surface area contributed by atoms with Gasteiger partial charge in [0.15, 0.2) is 0 Å². The lowest BCUT2D eigenvalue weighted by Crippen LogP contribution is -2.59. The molecule has 4 atom stereocenters. The van der Waals surface area contributed by atoms with E-state index in [1.807, 2.05) is 0 Å². The quantitative estimate of drug-likeness (QED) is 0.340. The van der Waals surface area contributed by atoms with Gasteiger partial charge >= 0.3 is 18.1 Å². The summed E-state index contributed by atoms with van der Waals surface area (Å²) in [7, 11) is 0. The molecule has 6 nitrogen and oxygen atoms in total. The van der Waals surface area contributed by atoms with E-state index in [4.69, 9.17) is 19.4 Å². The van der Waals surface area contributed by atoms with Crippen molar-refractivity contribution < 1.29 is 37.3 Å². The van der Waals surface area contributed by atoms with Crippen LogP contribution < -0.4 is 10.1 Å². The molecule has 202 valence electrons. The van der Waals surface area contributed by atoms with Gasteiger partial charge in [0.05, 0.1) is 5.92 Å². The third kappa shape index (κ3) is 6.52. The Morgan fingerprint density at radius 1 is 1.22 bits per heavy atom. The van der Waals surface area contributed by atoms with Crippen LogP contribution in [0.15, 0.2) is 18.2 Å². The fraction of sp³-hybridized carbons (Fsp3) is 0.704. The number of hydrogen-bond acceptors (Lipinski definition) is 5. The third-order valence-electron chi connectivity index (χ3n) is 8.02. The predicted octanol–water partition coefficient (Wildman–Crippen LogP) is 5.76. The molecule has 0 radical (unpaired) electrons. The van der Waals surface area contributed by atoms with Crippen molar-refractivity contribution in [3.8, 4) is 5.75 Å². The molecule has 9 heteroatoms. The number of alkyl halides is 3. The van der Waals surface area contributed by atoms with Crippen LogP contribution in [0.5, 0.6) is 5.75 Å². The molecule has 1 saturated carbocycles. The van der Waals surface area contributed by atoms with E-state index in [2.05, 4.69) is 37.4 Å². The molecule has 1 aromatic rings. The molecule has 0 spiro atoms. The third-order valence-corrected chi connectivity index (χ3v) is 8.02. The van der Waals surface area contributed by atoms with E-state index >= 15 is 0 Å². The summed E-state index contributed by atoms with van der Waals surface area (Å²) in [4.78, 5) is 21.2. The van der Waals surface area contributed by atoms with E-state index in [0.717, 1.165) is 50.3 Å². The fourth-order valence-electron chi connectivity index (χ4n) is 6.21. The van der Waals surface area contributed by atoms with Gasteiger partial charge < -0.3 is 19.9 Å². The van der Waals surface area contributed by atoms with Crippen molar-refractivity contribution in [3.63, 3.8) is 0 Å². The van der Waals surface area contributed by atoms with Crippen LogP contribution in [0.3, 0.4) is 0 Å². The molecule has 2 bridgehead atoms. The number of carbonyl (C=O) groups excluding carboxylic acids is 1. The number of nitrogens with one attached hydrogen (secondary N) is 1. The Bertz CT molecular complexity index is 902. The average molecular weight is 514 g/mol. The zero-order valence-corrected chi connectivity index (χ0v) is 21.2. The number of carbonyl (C=O) groups is 2. The Morgan fingerprint density at radius 2 is 1.97 bits per heavy atom. The number of piperidine rings is 1. The van der Waals surface area contributed by atoms with Crippen LogP contribution in [-0.4, -0.2) is 42.6 Å². The Hall–Kier alpha value is -2.29. The molecule has 1 aromatic carbocycles. The maximum Gasteiger partial charge on any atom is 0.490 e. The smallest absolute Gasteiger partial charge is 0.475 e. The largest absolute Gasteiger partial charge is 0.490 e. The Kier molecular flexibility index (Phi) is 9.66. The summed E-state index contributed by atoms with van der Waals surface area (Å²) in [6.07, 6.45) is 6.53. The van der Waals surface area contributed by atoms with Crippen LogP contribution in [0.1, 0.15) is 82.8 Å². The van der Waals surface area contributed by atoms with Crippen LogP contribution in [0.2, 0.25) is 0 Å². The number of hydrogen-bond donors (Lipinski definition) is 2. The van der Waals surface area contributed by atoms with Crippen molar-refractivity contribution >= 4 is 11.9 Å². The number of halogens is 3. The van der Waals surface area contributed by atoms with Gasteiger partial charge in [-0.1, -0.05) is 45.6 Å². The molecule has 2 fully saturated rings. The minimum absolute atomic E-state index is 0.00404. The second kappa shape index (κ2) is 12.3. The number of benzene rings is 1.